The number of aromatic nitrogens is 1. The van der Waals surface area contributed by atoms with E-state index in [0.717, 1.165) is 44.0 Å². The zero-order valence-corrected chi connectivity index (χ0v) is 13.0. The predicted molar refractivity (Wildman–Crippen MR) is 85.9 cm³/mol. The van der Waals surface area contributed by atoms with E-state index in [-0.39, 0.29) is 5.82 Å². The predicted octanol–water partition coefficient (Wildman–Crippen LogP) is 2.85. The van der Waals surface area contributed by atoms with Crippen LogP contribution in [0.5, 0.6) is 0 Å². The summed E-state index contributed by atoms with van der Waals surface area (Å²) in [5, 5.41) is 0. The van der Waals surface area contributed by atoms with Crippen LogP contribution >= 0.6 is 0 Å². The quantitative estimate of drug-likeness (QED) is 0.865. The van der Waals surface area contributed by atoms with Gasteiger partial charge in [0.1, 0.15) is 5.82 Å². The van der Waals surface area contributed by atoms with Crippen LogP contribution in [-0.4, -0.2) is 41.0 Å². The molecule has 1 fully saturated rings. The zero-order valence-electron chi connectivity index (χ0n) is 13.0. The molecular formula is C18H22FN3. The Morgan fingerprint density at radius 2 is 1.50 bits per heavy atom. The van der Waals surface area contributed by atoms with Crippen LogP contribution in [0.3, 0.4) is 0 Å². The molecule has 116 valence electrons. The minimum absolute atomic E-state index is 0.101. The standard InChI is InChI=1S/C18H22FN3/c1-15-16(6-4-8-20-15)13-21-9-11-22(12-10-21)14-17-5-2-3-7-18(17)19/h2-8H,9-14H2,1H3. The molecule has 0 spiro atoms. The summed E-state index contributed by atoms with van der Waals surface area (Å²) in [5.41, 5.74) is 3.19. The third-order valence-corrected chi connectivity index (χ3v) is 4.33. The number of nitrogens with zero attached hydrogens (tertiary/aromatic N) is 3. The van der Waals surface area contributed by atoms with Gasteiger partial charge in [-0.3, -0.25) is 14.8 Å². The fourth-order valence-electron chi connectivity index (χ4n) is 2.90. The maximum absolute atomic E-state index is 13.7. The van der Waals surface area contributed by atoms with Crippen molar-refractivity contribution in [1.29, 1.82) is 0 Å². The number of halogens is 1. The summed E-state index contributed by atoms with van der Waals surface area (Å²) in [5.74, 6) is -0.101. The number of hydrogen-bond acceptors (Lipinski definition) is 3. The highest BCUT2D eigenvalue weighted by molar-refractivity contribution is 5.18. The molecule has 3 rings (SSSR count). The molecule has 1 aromatic carbocycles. The van der Waals surface area contributed by atoms with Crippen LogP contribution in [-0.2, 0) is 13.1 Å². The Morgan fingerprint density at radius 1 is 0.909 bits per heavy atom. The molecule has 0 unspecified atom stereocenters. The van der Waals surface area contributed by atoms with Crippen molar-refractivity contribution in [3.63, 3.8) is 0 Å². The first-order chi connectivity index (χ1) is 10.7. The molecule has 1 aliphatic heterocycles. The Labute approximate surface area is 131 Å². The Hall–Kier alpha value is -1.78. The summed E-state index contributed by atoms with van der Waals surface area (Å²) in [6.07, 6.45) is 1.84. The van der Waals surface area contributed by atoms with Gasteiger partial charge in [0.25, 0.3) is 0 Å². The highest BCUT2D eigenvalue weighted by atomic mass is 19.1. The molecule has 3 nitrogen and oxygen atoms in total. The van der Waals surface area contributed by atoms with Gasteiger partial charge in [0.2, 0.25) is 0 Å². The average Bonchev–Trinajstić information content (AvgIpc) is 2.54. The van der Waals surface area contributed by atoms with Crippen molar-refractivity contribution >= 4 is 0 Å². The summed E-state index contributed by atoms with van der Waals surface area (Å²) in [4.78, 5) is 9.12. The summed E-state index contributed by atoms with van der Waals surface area (Å²) in [6, 6.07) is 11.2. The summed E-state index contributed by atoms with van der Waals surface area (Å²) >= 11 is 0. The van der Waals surface area contributed by atoms with E-state index in [1.807, 2.05) is 24.4 Å². The molecule has 0 amide bonds. The summed E-state index contributed by atoms with van der Waals surface area (Å²) in [7, 11) is 0. The monoisotopic (exact) mass is 299 g/mol. The molecular weight excluding hydrogens is 277 g/mol. The highest BCUT2D eigenvalue weighted by Gasteiger charge is 2.18. The van der Waals surface area contributed by atoms with Crippen molar-refractivity contribution in [2.75, 3.05) is 26.2 Å². The van der Waals surface area contributed by atoms with Gasteiger partial charge in [-0.25, -0.2) is 4.39 Å². The number of piperazine rings is 1. The SMILES string of the molecule is Cc1ncccc1CN1CCN(Cc2ccccc2F)CC1. The van der Waals surface area contributed by atoms with Crippen LogP contribution in [0, 0.1) is 12.7 Å². The molecule has 1 aromatic heterocycles. The molecule has 2 aromatic rings. The minimum atomic E-state index is -0.101. The Morgan fingerprint density at radius 3 is 2.14 bits per heavy atom. The second-order valence-electron chi connectivity index (χ2n) is 5.89. The lowest BCUT2D eigenvalue weighted by molar-refractivity contribution is 0.121. The first-order valence-electron chi connectivity index (χ1n) is 7.81. The number of benzene rings is 1. The highest BCUT2D eigenvalue weighted by Crippen LogP contribution is 2.14. The Bertz CT molecular complexity index is 566. The largest absolute Gasteiger partial charge is 0.296 e. The molecule has 0 radical (unpaired) electrons. The van der Waals surface area contributed by atoms with E-state index >= 15 is 0 Å². The van der Waals surface area contributed by atoms with Gasteiger partial charge in [-0.1, -0.05) is 24.3 Å². The molecule has 22 heavy (non-hydrogen) atoms. The number of rotatable bonds is 4. The first-order valence-corrected chi connectivity index (χ1v) is 7.81. The summed E-state index contributed by atoms with van der Waals surface area (Å²) < 4.78 is 13.7. The van der Waals surface area contributed by atoms with Crippen LogP contribution in [0.4, 0.5) is 4.39 Å². The molecule has 1 aliphatic rings. The van der Waals surface area contributed by atoms with E-state index in [4.69, 9.17) is 0 Å². The zero-order chi connectivity index (χ0) is 15.4. The lowest BCUT2D eigenvalue weighted by atomic mass is 10.1. The number of hydrogen-bond donors (Lipinski definition) is 0. The first kappa shape index (κ1) is 15.1. The number of aryl methyl sites for hydroxylation is 1. The van der Waals surface area contributed by atoms with Gasteiger partial charge >= 0.3 is 0 Å². The lowest BCUT2D eigenvalue weighted by Gasteiger charge is -2.35. The fourth-order valence-corrected chi connectivity index (χ4v) is 2.90. The smallest absolute Gasteiger partial charge is 0.127 e. The normalized spacial score (nSPS) is 16.8. The molecule has 0 atom stereocenters. The third kappa shape index (κ3) is 3.70. The van der Waals surface area contributed by atoms with E-state index < -0.39 is 0 Å². The van der Waals surface area contributed by atoms with Crippen LogP contribution in [0.1, 0.15) is 16.8 Å². The molecule has 4 heteroatoms. The minimum Gasteiger partial charge on any atom is -0.296 e. The molecule has 0 saturated carbocycles. The van der Waals surface area contributed by atoms with E-state index in [9.17, 15) is 4.39 Å². The third-order valence-electron chi connectivity index (χ3n) is 4.33. The van der Waals surface area contributed by atoms with E-state index in [1.165, 1.54) is 11.6 Å². The van der Waals surface area contributed by atoms with Crippen LogP contribution in [0.15, 0.2) is 42.6 Å². The maximum Gasteiger partial charge on any atom is 0.127 e. The van der Waals surface area contributed by atoms with Crippen molar-refractivity contribution in [3.05, 3.63) is 65.2 Å². The van der Waals surface area contributed by atoms with Crippen LogP contribution in [0.25, 0.3) is 0 Å². The number of pyridine rings is 1. The second-order valence-corrected chi connectivity index (χ2v) is 5.89. The topological polar surface area (TPSA) is 19.4 Å². The molecule has 0 bridgehead atoms. The Balaban J connectivity index is 1.52. The van der Waals surface area contributed by atoms with Crippen molar-refractivity contribution in [2.24, 2.45) is 0 Å². The van der Waals surface area contributed by atoms with Crippen molar-refractivity contribution in [3.8, 4) is 0 Å². The fraction of sp³-hybridized carbons (Fsp3) is 0.389. The van der Waals surface area contributed by atoms with Crippen molar-refractivity contribution in [1.82, 2.24) is 14.8 Å². The molecule has 2 heterocycles. The van der Waals surface area contributed by atoms with E-state index in [2.05, 4.69) is 27.8 Å². The van der Waals surface area contributed by atoms with E-state index in [0.29, 0.717) is 6.54 Å². The van der Waals surface area contributed by atoms with E-state index in [1.54, 1.807) is 6.07 Å². The van der Waals surface area contributed by atoms with Gasteiger partial charge in [-0.15, -0.1) is 0 Å². The van der Waals surface area contributed by atoms with Crippen molar-refractivity contribution in [2.45, 2.75) is 20.0 Å². The van der Waals surface area contributed by atoms with Crippen molar-refractivity contribution < 1.29 is 4.39 Å². The lowest BCUT2D eigenvalue weighted by Crippen LogP contribution is -2.45. The second kappa shape index (κ2) is 6.99. The maximum atomic E-state index is 13.7. The van der Waals surface area contributed by atoms with Crippen LogP contribution < -0.4 is 0 Å². The molecule has 0 N–H and O–H groups in total. The molecule has 1 saturated heterocycles. The van der Waals surface area contributed by atoms with Gasteiger partial charge in [0.05, 0.1) is 0 Å². The van der Waals surface area contributed by atoms with Gasteiger partial charge in [-0.2, -0.15) is 0 Å². The van der Waals surface area contributed by atoms with Gasteiger partial charge in [-0.05, 0) is 24.6 Å². The van der Waals surface area contributed by atoms with Crippen LogP contribution in [0.2, 0.25) is 0 Å². The van der Waals surface area contributed by atoms with Gasteiger partial charge < -0.3 is 0 Å². The Kier molecular flexibility index (Phi) is 4.80. The molecule has 0 aliphatic carbocycles. The summed E-state index contributed by atoms with van der Waals surface area (Å²) in [6.45, 7) is 7.70. The van der Waals surface area contributed by atoms with Gasteiger partial charge in [0, 0.05) is 56.7 Å². The average molecular weight is 299 g/mol. The van der Waals surface area contributed by atoms with Gasteiger partial charge in [0.15, 0.2) is 0 Å².